The van der Waals surface area contributed by atoms with Crippen LogP contribution < -0.4 is 20.7 Å². The van der Waals surface area contributed by atoms with Crippen LogP contribution in [0.3, 0.4) is 0 Å². The van der Waals surface area contributed by atoms with E-state index in [-0.39, 0.29) is 29.0 Å². The molecule has 5 heterocycles. The molecule has 0 saturated carbocycles. The van der Waals surface area contributed by atoms with Crippen molar-refractivity contribution < 1.29 is 19.4 Å². The second-order valence-electron chi connectivity index (χ2n) is 11.3. The Morgan fingerprint density at radius 3 is 2.78 bits per heavy atom. The summed E-state index contributed by atoms with van der Waals surface area (Å²) >= 11 is 15.1. The first-order chi connectivity index (χ1) is 22.3. The van der Waals surface area contributed by atoms with Crippen LogP contribution in [0.15, 0.2) is 48.8 Å². The molecule has 0 radical (unpaired) electrons. The summed E-state index contributed by atoms with van der Waals surface area (Å²) in [6.45, 7) is 3.26. The van der Waals surface area contributed by atoms with Gasteiger partial charge < -0.3 is 25.8 Å². The molecule has 3 aromatic heterocycles. The number of aromatic nitrogens is 3. The summed E-state index contributed by atoms with van der Waals surface area (Å²) in [5.74, 6) is 0.173. The van der Waals surface area contributed by atoms with Gasteiger partial charge in [0.15, 0.2) is 5.01 Å². The molecular weight excluding hydrogens is 649 g/mol. The van der Waals surface area contributed by atoms with Gasteiger partial charge in [-0.3, -0.25) is 19.5 Å². The van der Waals surface area contributed by atoms with Gasteiger partial charge in [0, 0.05) is 79.1 Å². The topological polar surface area (TPSA) is 142 Å². The predicted molar refractivity (Wildman–Crippen MR) is 178 cm³/mol. The van der Waals surface area contributed by atoms with Gasteiger partial charge in [-0.15, -0.1) is 11.3 Å². The van der Waals surface area contributed by atoms with Crippen molar-refractivity contribution in [2.24, 2.45) is 0 Å². The number of halogens is 2. The van der Waals surface area contributed by atoms with Crippen molar-refractivity contribution in [3.05, 3.63) is 74.3 Å². The average Bonchev–Trinajstić information content (AvgIpc) is 3.80. The maximum Gasteiger partial charge on any atom is 0.284 e. The summed E-state index contributed by atoms with van der Waals surface area (Å²) in [4.78, 5) is 41.2. The number of amides is 2. The van der Waals surface area contributed by atoms with Gasteiger partial charge >= 0.3 is 0 Å². The number of aliphatic hydroxyl groups is 1. The average molecular weight is 683 g/mol. The van der Waals surface area contributed by atoms with Crippen LogP contribution in [0.2, 0.25) is 10.0 Å². The van der Waals surface area contributed by atoms with Crippen LogP contribution in [-0.2, 0) is 17.9 Å². The number of β-amino-alcohol motifs (C(OH)–C–C–N with tert-alkyl or cyclic N) is 1. The number of benzene rings is 1. The van der Waals surface area contributed by atoms with E-state index in [4.69, 9.17) is 32.9 Å². The third kappa shape index (κ3) is 7.33. The van der Waals surface area contributed by atoms with Gasteiger partial charge in [0.25, 0.3) is 5.91 Å². The molecule has 0 spiro atoms. The van der Waals surface area contributed by atoms with Crippen LogP contribution in [0.1, 0.15) is 39.5 Å². The van der Waals surface area contributed by atoms with Crippen molar-refractivity contribution in [3.8, 4) is 28.4 Å². The van der Waals surface area contributed by atoms with Gasteiger partial charge in [-0.1, -0.05) is 41.4 Å². The zero-order chi connectivity index (χ0) is 32.2. The molecule has 2 aliphatic rings. The van der Waals surface area contributed by atoms with Crippen molar-refractivity contribution in [3.63, 3.8) is 0 Å². The third-order valence-corrected chi connectivity index (χ3v) is 9.74. The zero-order valence-corrected chi connectivity index (χ0v) is 27.4. The number of hydrogen-bond acceptors (Lipinski definition) is 10. The lowest BCUT2D eigenvalue weighted by molar-refractivity contribution is -0.119. The molecule has 14 heteroatoms. The van der Waals surface area contributed by atoms with E-state index in [0.29, 0.717) is 76.7 Å². The minimum absolute atomic E-state index is 0.0857. The minimum atomic E-state index is -0.372. The normalized spacial score (nSPS) is 18.1. The number of nitrogens with one attached hydrogen (secondary N) is 3. The van der Waals surface area contributed by atoms with Crippen LogP contribution in [0.4, 0.5) is 5.69 Å². The monoisotopic (exact) mass is 681 g/mol. The van der Waals surface area contributed by atoms with Crippen molar-refractivity contribution in [1.82, 2.24) is 30.5 Å². The quantitative estimate of drug-likeness (QED) is 0.176. The number of ether oxygens (including phenoxy) is 1. The number of hydrogen-bond donors (Lipinski definition) is 4. The fraction of sp³-hybridized carbons (Fsp3) is 0.344. The highest BCUT2D eigenvalue weighted by Crippen LogP contribution is 2.40. The Kier molecular flexibility index (Phi) is 10.1. The van der Waals surface area contributed by atoms with E-state index < -0.39 is 0 Å². The van der Waals surface area contributed by atoms with Gasteiger partial charge in [-0.2, -0.15) is 0 Å². The lowest BCUT2D eigenvalue weighted by Crippen LogP contribution is -2.35. The summed E-state index contributed by atoms with van der Waals surface area (Å²) in [5.41, 5.74) is 3.50. The highest BCUT2D eigenvalue weighted by molar-refractivity contribution is 7.13. The molecule has 6 rings (SSSR count). The molecular formula is C32H33Cl2N7O4S. The van der Waals surface area contributed by atoms with Crippen LogP contribution in [0.5, 0.6) is 5.88 Å². The van der Waals surface area contributed by atoms with Gasteiger partial charge in [0.05, 0.1) is 40.3 Å². The molecule has 2 fully saturated rings. The fourth-order valence-electron chi connectivity index (χ4n) is 5.62. The molecule has 0 unspecified atom stereocenters. The molecule has 2 aliphatic heterocycles. The number of carbonyl (C=O) groups excluding carboxylic acids is 2. The maximum absolute atomic E-state index is 13.1. The van der Waals surface area contributed by atoms with Gasteiger partial charge in [0.2, 0.25) is 11.8 Å². The Morgan fingerprint density at radius 2 is 2.02 bits per heavy atom. The number of nitrogens with zero attached hydrogens (tertiary/aromatic N) is 4. The Balaban J connectivity index is 1.17. The van der Waals surface area contributed by atoms with E-state index in [0.717, 1.165) is 29.8 Å². The predicted octanol–water partition coefficient (Wildman–Crippen LogP) is 4.77. The number of likely N-dealkylation sites (tertiary alicyclic amines) is 1. The maximum atomic E-state index is 13.1. The van der Waals surface area contributed by atoms with Crippen LogP contribution >= 0.6 is 34.5 Å². The molecule has 46 heavy (non-hydrogen) atoms. The van der Waals surface area contributed by atoms with Gasteiger partial charge in [0.1, 0.15) is 0 Å². The lowest BCUT2D eigenvalue weighted by Gasteiger charge is -2.15. The Labute approximate surface area is 280 Å². The molecule has 240 valence electrons. The second kappa shape index (κ2) is 14.4. The second-order valence-corrected chi connectivity index (χ2v) is 13.1. The van der Waals surface area contributed by atoms with E-state index in [1.54, 1.807) is 43.8 Å². The summed E-state index contributed by atoms with van der Waals surface area (Å²) in [6, 6.07) is 11.0. The van der Waals surface area contributed by atoms with E-state index in [1.807, 2.05) is 12.1 Å². The third-order valence-electron chi connectivity index (χ3n) is 7.97. The SMILES string of the molecule is COc1nc(-c2ccnc(-c3cccc(NC(=O)c4ncc(CN5CC[C@H](O)C5)s4)c3Cl)c2Cl)ccc1CNC[C@H]1CCC(=O)N1. The minimum Gasteiger partial charge on any atom is -0.481 e. The molecule has 4 N–H and O–H groups in total. The largest absolute Gasteiger partial charge is 0.481 e. The first-order valence-electron chi connectivity index (χ1n) is 14.9. The van der Waals surface area contributed by atoms with E-state index in [2.05, 4.69) is 30.8 Å². The Morgan fingerprint density at radius 1 is 1.15 bits per heavy atom. The standard InChI is InChI=1S/C32H33Cl2N7O4S/c1-45-31-18(13-35-14-19-6-8-26(43)38-19)5-7-24(40-31)22-9-11-36-29(28(22)34)23-3-2-4-25(27(23)33)39-30(44)32-37-15-21(46-32)17-41-12-10-20(42)16-41/h2-5,7,9,11,15,19-20,35,42H,6,8,10,12-14,16-17H2,1H3,(H,38,43)(H,39,44)/t19-,20+/m1/s1. The highest BCUT2D eigenvalue weighted by Gasteiger charge is 2.23. The molecule has 2 atom stereocenters. The summed E-state index contributed by atoms with van der Waals surface area (Å²) < 4.78 is 5.59. The smallest absolute Gasteiger partial charge is 0.284 e. The molecule has 2 saturated heterocycles. The lowest BCUT2D eigenvalue weighted by atomic mass is 10.1. The Bertz CT molecular complexity index is 1750. The fourth-order valence-corrected chi connectivity index (χ4v) is 7.04. The van der Waals surface area contributed by atoms with Crippen LogP contribution in [-0.4, -0.2) is 75.7 Å². The van der Waals surface area contributed by atoms with Crippen LogP contribution in [0.25, 0.3) is 22.5 Å². The van der Waals surface area contributed by atoms with Crippen molar-refractivity contribution in [1.29, 1.82) is 0 Å². The number of pyridine rings is 2. The molecule has 4 aromatic rings. The van der Waals surface area contributed by atoms with Crippen LogP contribution in [0, 0.1) is 0 Å². The van der Waals surface area contributed by atoms with E-state index >= 15 is 0 Å². The van der Waals surface area contributed by atoms with Gasteiger partial charge in [-0.05, 0) is 31.0 Å². The van der Waals surface area contributed by atoms with Crippen molar-refractivity contribution in [2.45, 2.75) is 44.5 Å². The number of carbonyl (C=O) groups is 2. The molecule has 0 aliphatic carbocycles. The van der Waals surface area contributed by atoms with E-state index in [1.165, 1.54) is 11.3 Å². The first kappa shape index (κ1) is 32.3. The molecule has 2 amide bonds. The number of anilines is 1. The molecule has 11 nitrogen and oxygen atoms in total. The summed E-state index contributed by atoms with van der Waals surface area (Å²) in [5, 5.41) is 19.9. The zero-order valence-electron chi connectivity index (χ0n) is 25.1. The first-order valence-corrected chi connectivity index (χ1v) is 16.5. The van der Waals surface area contributed by atoms with Gasteiger partial charge in [-0.25, -0.2) is 9.97 Å². The van der Waals surface area contributed by atoms with Crippen molar-refractivity contribution >= 4 is 52.0 Å². The summed E-state index contributed by atoms with van der Waals surface area (Å²) in [6.07, 6.45) is 5.16. The molecule has 0 bridgehead atoms. The van der Waals surface area contributed by atoms with Crippen molar-refractivity contribution in [2.75, 3.05) is 32.1 Å². The number of aliphatic hydroxyl groups excluding tert-OH is 1. The highest BCUT2D eigenvalue weighted by atomic mass is 35.5. The number of methoxy groups -OCH3 is 1. The Hall–Kier alpha value is -3.65. The number of rotatable bonds is 11. The van der Waals surface area contributed by atoms with E-state index in [9.17, 15) is 14.7 Å². The number of thiazole rings is 1. The molecule has 1 aromatic carbocycles. The summed E-state index contributed by atoms with van der Waals surface area (Å²) in [7, 11) is 1.57.